The van der Waals surface area contributed by atoms with Crippen molar-refractivity contribution in [2.75, 3.05) is 19.8 Å². The second-order valence-electron chi connectivity index (χ2n) is 13.7. The van der Waals surface area contributed by atoms with Crippen LogP contribution in [-0.4, -0.2) is 53.4 Å². The van der Waals surface area contributed by atoms with Gasteiger partial charge in [-0.15, -0.1) is 0 Å². The number of rotatable bonds is 10. The van der Waals surface area contributed by atoms with Crippen molar-refractivity contribution in [3.8, 4) is 0 Å². The standard InChI is InChI=1S/C31H55NO5/c1-5-22-26-19-21(34)11-14-31(26,4)25-12-15-30(3)23(9-10-24(30)27(25)28(22)35)20(2)13-18-37-29(36)32-16-7-6-8-17-33/h20-28,33-35H,5-19H2,1-4H3,(H,32,36)/t20-,21-,22-,23-,24+,25+,26+,27?,28-,30-,31?/m1/s1. The highest BCUT2D eigenvalue weighted by Crippen LogP contribution is 2.69. The highest BCUT2D eigenvalue weighted by Gasteiger charge is 2.64. The lowest BCUT2D eigenvalue weighted by molar-refractivity contribution is -0.203. The van der Waals surface area contributed by atoms with E-state index in [0.29, 0.717) is 54.6 Å². The van der Waals surface area contributed by atoms with Gasteiger partial charge in [0.05, 0.1) is 18.8 Å². The molecule has 6 nitrogen and oxygen atoms in total. The molecule has 0 spiro atoms. The lowest BCUT2D eigenvalue weighted by Crippen LogP contribution is -2.62. The first kappa shape index (κ1) is 29.1. The average molecular weight is 522 g/mol. The SMILES string of the molecule is CC[C@H]1[C@@H](O)C2[C@H](CC[C@]3(C)[C@@H]([C@H](C)CCOC(=O)NCCCCCO)CC[C@@H]23)C2(C)CC[C@@H](O)C[C@@H]12. The minimum absolute atomic E-state index is 0.197. The molecule has 0 heterocycles. The Morgan fingerprint density at radius 2 is 1.73 bits per heavy atom. The molecule has 0 aliphatic heterocycles. The summed E-state index contributed by atoms with van der Waals surface area (Å²) < 4.78 is 5.50. The van der Waals surface area contributed by atoms with Gasteiger partial charge in [-0.05, 0) is 123 Å². The van der Waals surface area contributed by atoms with Crippen molar-refractivity contribution in [2.45, 2.75) is 117 Å². The first-order valence-electron chi connectivity index (χ1n) is 15.5. The van der Waals surface area contributed by atoms with Gasteiger partial charge in [-0.25, -0.2) is 4.79 Å². The van der Waals surface area contributed by atoms with E-state index >= 15 is 0 Å². The Hall–Kier alpha value is -0.850. The van der Waals surface area contributed by atoms with Gasteiger partial charge in [0.15, 0.2) is 0 Å². The number of carbonyl (C=O) groups is 1. The van der Waals surface area contributed by atoms with E-state index in [4.69, 9.17) is 9.84 Å². The lowest BCUT2D eigenvalue weighted by atomic mass is 9.41. The molecule has 4 rings (SSSR count). The van der Waals surface area contributed by atoms with Crippen molar-refractivity contribution >= 4 is 6.09 Å². The number of aliphatic hydroxyl groups is 3. The van der Waals surface area contributed by atoms with Gasteiger partial charge < -0.3 is 25.4 Å². The van der Waals surface area contributed by atoms with E-state index in [1.807, 2.05) is 0 Å². The summed E-state index contributed by atoms with van der Waals surface area (Å²) in [7, 11) is 0. The third-order valence-corrected chi connectivity index (χ3v) is 12.1. The third-order valence-electron chi connectivity index (χ3n) is 12.1. The van der Waals surface area contributed by atoms with Crippen LogP contribution in [0.2, 0.25) is 0 Å². The molecule has 4 N–H and O–H groups in total. The molecule has 4 saturated carbocycles. The topological polar surface area (TPSA) is 99.0 Å². The maximum Gasteiger partial charge on any atom is 0.407 e. The summed E-state index contributed by atoms with van der Waals surface area (Å²) >= 11 is 0. The largest absolute Gasteiger partial charge is 0.450 e. The number of aliphatic hydroxyl groups excluding tert-OH is 3. The molecular formula is C31H55NO5. The lowest BCUT2D eigenvalue weighted by Gasteiger charge is -2.64. The quantitative estimate of drug-likeness (QED) is 0.283. The number of ether oxygens (including phenoxy) is 1. The molecule has 1 amide bonds. The summed E-state index contributed by atoms with van der Waals surface area (Å²) in [5.74, 6) is 3.35. The summed E-state index contributed by atoms with van der Waals surface area (Å²) in [4.78, 5) is 12.1. The van der Waals surface area contributed by atoms with Gasteiger partial charge in [0.1, 0.15) is 0 Å². The summed E-state index contributed by atoms with van der Waals surface area (Å²) in [5.41, 5.74) is 0.486. The molecule has 214 valence electrons. The van der Waals surface area contributed by atoms with E-state index in [-0.39, 0.29) is 35.7 Å². The summed E-state index contributed by atoms with van der Waals surface area (Å²) in [6.45, 7) is 10.8. The Labute approximate surface area is 225 Å². The van der Waals surface area contributed by atoms with E-state index < -0.39 is 0 Å². The molecule has 0 saturated heterocycles. The maximum absolute atomic E-state index is 12.1. The number of amides is 1. The molecule has 0 aromatic heterocycles. The molecule has 4 aliphatic carbocycles. The smallest absolute Gasteiger partial charge is 0.407 e. The molecule has 0 aromatic carbocycles. The van der Waals surface area contributed by atoms with Crippen molar-refractivity contribution in [3.05, 3.63) is 0 Å². The van der Waals surface area contributed by atoms with Crippen LogP contribution in [0.4, 0.5) is 4.79 Å². The highest BCUT2D eigenvalue weighted by molar-refractivity contribution is 5.66. The third kappa shape index (κ3) is 5.59. The molecule has 0 aromatic rings. The predicted molar refractivity (Wildman–Crippen MR) is 146 cm³/mol. The summed E-state index contributed by atoms with van der Waals surface area (Å²) in [6.07, 6.45) is 11.4. The molecule has 0 bridgehead atoms. The van der Waals surface area contributed by atoms with Crippen LogP contribution in [0.3, 0.4) is 0 Å². The zero-order valence-electron chi connectivity index (χ0n) is 24.0. The average Bonchev–Trinajstić information content (AvgIpc) is 3.22. The Morgan fingerprint density at radius 1 is 1.00 bits per heavy atom. The second-order valence-corrected chi connectivity index (χ2v) is 13.7. The van der Waals surface area contributed by atoms with Gasteiger partial charge >= 0.3 is 6.09 Å². The van der Waals surface area contributed by atoms with Crippen LogP contribution >= 0.6 is 0 Å². The number of alkyl carbamates (subject to hydrolysis) is 1. The zero-order chi connectivity index (χ0) is 26.8. The summed E-state index contributed by atoms with van der Waals surface area (Å²) in [6, 6.07) is 0. The number of unbranched alkanes of at least 4 members (excludes halogenated alkanes) is 2. The molecule has 4 fully saturated rings. The van der Waals surface area contributed by atoms with Crippen molar-refractivity contribution < 1.29 is 24.9 Å². The second kappa shape index (κ2) is 12.1. The fraction of sp³-hybridized carbons (Fsp3) is 0.968. The van der Waals surface area contributed by atoms with Crippen molar-refractivity contribution in [1.82, 2.24) is 5.32 Å². The molecule has 6 heteroatoms. The van der Waals surface area contributed by atoms with Crippen LogP contribution in [0.15, 0.2) is 0 Å². The Bertz CT molecular complexity index is 762. The first-order valence-corrected chi connectivity index (χ1v) is 15.5. The van der Waals surface area contributed by atoms with E-state index in [2.05, 4.69) is 33.0 Å². The minimum Gasteiger partial charge on any atom is -0.450 e. The van der Waals surface area contributed by atoms with Crippen molar-refractivity contribution in [1.29, 1.82) is 0 Å². The van der Waals surface area contributed by atoms with E-state index in [9.17, 15) is 15.0 Å². The van der Waals surface area contributed by atoms with Crippen LogP contribution in [-0.2, 0) is 4.74 Å². The molecular weight excluding hydrogens is 466 g/mol. The molecule has 37 heavy (non-hydrogen) atoms. The van der Waals surface area contributed by atoms with Crippen molar-refractivity contribution in [2.24, 2.45) is 52.3 Å². The normalized spacial score (nSPS) is 43.9. The predicted octanol–water partition coefficient (Wildman–Crippen LogP) is 5.53. The first-order chi connectivity index (χ1) is 17.7. The molecule has 2 unspecified atom stereocenters. The van der Waals surface area contributed by atoms with Gasteiger partial charge in [0, 0.05) is 13.2 Å². The maximum atomic E-state index is 12.1. The Balaban J connectivity index is 1.36. The fourth-order valence-electron chi connectivity index (χ4n) is 10.1. The van der Waals surface area contributed by atoms with Crippen LogP contribution in [0.5, 0.6) is 0 Å². The number of hydrogen-bond acceptors (Lipinski definition) is 5. The number of carbonyl (C=O) groups excluding carboxylic acids is 1. The summed E-state index contributed by atoms with van der Waals surface area (Å²) in [5, 5.41) is 34.0. The van der Waals surface area contributed by atoms with Crippen LogP contribution in [0, 0.1) is 52.3 Å². The van der Waals surface area contributed by atoms with Gasteiger partial charge in [-0.3, -0.25) is 0 Å². The molecule has 4 aliphatic rings. The number of fused-ring (bicyclic) bond motifs is 5. The van der Waals surface area contributed by atoms with Crippen molar-refractivity contribution in [3.63, 3.8) is 0 Å². The number of hydrogen-bond donors (Lipinski definition) is 4. The van der Waals surface area contributed by atoms with Gasteiger partial charge in [0.2, 0.25) is 0 Å². The van der Waals surface area contributed by atoms with Crippen LogP contribution in [0.25, 0.3) is 0 Å². The van der Waals surface area contributed by atoms with Crippen LogP contribution < -0.4 is 5.32 Å². The van der Waals surface area contributed by atoms with E-state index in [0.717, 1.165) is 51.4 Å². The van der Waals surface area contributed by atoms with E-state index in [1.165, 1.54) is 25.7 Å². The number of nitrogens with one attached hydrogen (secondary N) is 1. The monoisotopic (exact) mass is 521 g/mol. The van der Waals surface area contributed by atoms with Gasteiger partial charge in [0.25, 0.3) is 0 Å². The Kier molecular flexibility index (Phi) is 9.55. The minimum atomic E-state index is -0.330. The van der Waals surface area contributed by atoms with Gasteiger partial charge in [-0.1, -0.05) is 34.1 Å². The Morgan fingerprint density at radius 3 is 2.46 bits per heavy atom. The fourth-order valence-corrected chi connectivity index (χ4v) is 10.1. The molecule has 11 atom stereocenters. The van der Waals surface area contributed by atoms with Gasteiger partial charge in [-0.2, -0.15) is 0 Å². The van der Waals surface area contributed by atoms with E-state index in [1.54, 1.807) is 0 Å². The zero-order valence-corrected chi connectivity index (χ0v) is 24.0. The highest BCUT2D eigenvalue weighted by atomic mass is 16.5. The molecule has 0 radical (unpaired) electrons. The van der Waals surface area contributed by atoms with Crippen LogP contribution in [0.1, 0.15) is 105 Å².